The smallest absolute Gasteiger partial charge is 0.252 e. The molecule has 0 atom stereocenters. The topological polar surface area (TPSA) is 13.0 Å². The Hall–Kier alpha value is -8.81. The summed E-state index contributed by atoms with van der Waals surface area (Å²) in [5, 5.41) is 5.23. The molecule has 8 heteroatoms. The van der Waals surface area contributed by atoms with Gasteiger partial charge in [-0.15, -0.1) is 22.7 Å². The van der Waals surface area contributed by atoms with Crippen LogP contribution < -0.4 is 52.4 Å². The quantitative estimate of drug-likeness (QED) is 0.163. The van der Waals surface area contributed by atoms with E-state index < -0.39 is 0 Å². The Morgan fingerprint density at radius 2 is 0.608 bits per heavy atom. The monoisotopic (exact) mass is 974 g/mol. The minimum atomic E-state index is -0.0755. The van der Waals surface area contributed by atoms with Crippen LogP contribution in [0.1, 0.15) is 0 Å². The molecule has 0 fully saturated rings. The van der Waals surface area contributed by atoms with Crippen LogP contribution in [0, 0.1) is 0 Å². The number of nitrogens with zero attached hydrogens (tertiary/aromatic N) is 4. The van der Waals surface area contributed by atoms with E-state index in [1.165, 1.54) is 119 Å². The molecule has 0 unspecified atom stereocenters. The first kappa shape index (κ1) is 40.7. The Bertz CT molecular complexity index is 4200. The molecule has 74 heavy (non-hydrogen) atoms. The fourth-order valence-electron chi connectivity index (χ4n) is 13.4. The van der Waals surface area contributed by atoms with Gasteiger partial charge in [-0.2, -0.15) is 0 Å². The Morgan fingerprint density at radius 1 is 0.257 bits per heavy atom. The first-order valence-corrected chi connectivity index (χ1v) is 27.1. The van der Waals surface area contributed by atoms with E-state index in [-0.39, 0.29) is 13.4 Å². The van der Waals surface area contributed by atoms with Gasteiger partial charge in [0.15, 0.2) is 0 Å². The Balaban J connectivity index is 1.02. The second kappa shape index (κ2) is 15.4. The molecule has 11 aromatic carbocycles. The van der Waals surface area contributed by atoms with E-state index in [1.54, 1.807) is 0 Å². The van der Waals surface area contributed by atoms with E-state index in [1.807, 2.05) is 22.7 Å². The maximum absolute atomic E-state index is 2.65. The molecule has 0 N–H and O–H groups in total. The van der Waals surface area contributed by atoms with Gasteiger partial charge in [-0.05, 0) is 136 Å². The number of fused-ring (bicyclic) bond motifs is 16. The molecule has 0 spiro atoms. The van der Waals surface area contributed by atoms with Gasteiger partial charge in [-0.25, -0.2) is 0 Å². The summed E-state index contributed by atoms with van der Waals surface area (Å²) in [6, 6.07) is 91.1. The molecule has 0 radical (unpaired) electrons. The maximum Gasteiger partial charge on any atom is 0.252 e. The van der Waals surface area contributed by atoms with Crippen LogP contribution in [0.2, 0.25) is 0 Å². The van der Waals surface area contributed by atoms with Crippen molar-refractivity contribution in [2.45, 2.75) is 0 Å². The third-order valence-electron chi connectivity index (χ3n) is 16.2. The molecular formula is C66H40B2N4S2. The molecule has 0 saturated heterocycles. The maximum atomic E-state index is 2.65. The summed E-state index contributed by atoms with van der Waals surface area (Å²) in [5.74, 6) is 0. The van der Waals surface area contributed by atoms with Gasteiger partial charge in [0.05, 0.1) is 11.4 Å². The molecule has 0 saturated carbocycles. The van der Waals surface area contributed by atoms with Crippen LogP contribution in [0.4, 0.5) is 68.2 Å². The molecule has 13 aromatic rings. The minimum Gasteiger partial charge on any atom is -0.311 e. The van der Waals surface area contributed by atoms with Crippen LogP contribution in [-0.2, 0) is 0 Å². The van der Waals surface area contributed by atoms with Crippen molar-refractivity contribution < 1.29 is 0 Å². The zero-order valence-corrected chi connectivity index (χ0v) is 41.5. The number of hydrogen-bond donors (Lipinski definition) is 0. The first-order valence-electron chi connectivity index (χ1n) is 25.5. The highest BCUT2D eigenvalue weighted by Gasteiger charge is 2.49. The highest BCUT2D eigenvalue weighted by atomic mass is 32.1. The van der Waals surface area contributed by atoms with Crippen LogP contribution in [0.25, 0.3) is 40.3 Å². The number of rotatable bonds is 4. The van der Waals surface area contributed by atoms with Crippen molar-refractivity contribution in [3.8, 4) is 0 Å². The largest absolute Gasteiger partial charge is 0.311 e. The zero-order valence-electron chi connectivity index (χ0n) is 39.9. The Labute approximate surface area is 437 Å². The molecule has 0 aliphatic carbocycles. The number of para-hydroxylation sites is 4. The molecule has 6 heterocycles. The molecule has 4 aliphatic rings. The summed E-state index contributed by atoms with van der Waals surface area (Å²) < 4.78 is 5.21. The van der Waals surface area contributed by atoms with Gasteiger partial charge in [0.25, 0.3) is 13.4 Å². The summed E-state index contributed by atoms with van der Waals surface area (Å²) in [4.78, 5) is 10.3. The lowest BCUT2D eigenvalue weighted by atomic mass is 9.30. The number of thiophene rings is 2. The third-order valence-corrected chi connectivity index (χ3v) is 18.4. The number of anilines is 12. The molecule has 0 bridgehead atoms. The number of hydrogen-bond acceptors (Lipinski definition) is 6. The lowest BCUT2D eigenvalue weighted by Gasteiger charge is -2.47. The van der Waals surface area contributed by atoms with Gasteiger partial charge in [0, 0.05) is 97.2 Å². The predicted molar refractivity (Wildman–Crippen MR) is 320 cm³/mol. The molecule has 0 amide bonds. The van der Waals surface area contributed by atoms with Crippen molar-refractivity contribution in [3.63, 3.8) is 0 Å². The summed E-state index contributed by atoms with van der Waals surface area (Å²) >= 11 is 3.79. The summed E-state index contributed by atoms with van der Waals surface area (Å²) in [7, 11) is 0. The van der Waals surface area contributed by atoms with E-state index in [9.17, 15) is 0 Å². The molecule has 342 valence electrons. The van der Waals surface area contributed by atoms with E-state index in [0.717, 1.165) is 22.7 Å². The van der Waals surface area contributed by atoms with Crippen molar-refractivity contribution in [3.05, 3.63) is 243 Å². The predicted octanol–water partition coefficient (Wildman–Crippen LogP) is 14.6. The van der Waals surface area contributed by atoms with Gasteiger partial charge < -0.3 is 19.6 Å². The first-order chi connectivity index (χ1) is 36.8. The lowest BCUT2D eigenvalue weighted by molar-refractivity contribution is 1.24. The van der Waals surface area contributed by atoms with Crippen molar-refractivity contribution >= 4 is 177 Å². The van der Waals surface area contributed by atoms with Gasteiger partial charge >= 0.3 is 0 Å². The zero-order chi connectivity index (χ0) is 48.2. The van der Waals surface area contributed by atoms with Crippen molar-refractivity contribution in [2.24, 2.45) is 0 Å². The fraction of sp³-hybridized carbons (Fsp3) is 0. The van der Waals surface area contributed by atoms with Crippen LogP contribution in [0.3, 0.4) is 0 Å². The lowest BCUT2D eigenvalue weighted by Crippen LogP contribution is -2.65. The Kier molecular flexibility index (Phi) is 8.46. The summed E-state index contributed by atoms with van der Waals surface area (Å²) in [5.41, 5.74) is 22.2. The average molecular weight is 975 g/mol. The molecule has 17 rings (SSSR count). The second-order valence-electron chi connectivity index (χ2n) is 19.9. The van der Waals surface area contributed by atoms with Crippen LogP contribution >= 0.6 is 22.7 Å². The van der Waals surface area contributed by atoms with E-state index in [2.05, 4.69) is 262 Å². The van der Waals surface area contributed by atoms with E-state index in [0.29, 0.717) is 0 Å². The molecule has 4 aliphatic heterocycles. The standard InChI is InChI=1S/C66H40B2N4S2/c1-5-19-41(20-6-1)69-51-29-17-31-53-63(51)67(47-35-37-59-61(45-27-13-15-33-57(45)73-59)65(47)71(53)43-23-9-3-10-24-43)49-39-50-56(40-55(49)69)70(42-21-7-2-8-22-42)52-30-18-32-54-64(52)68(50)48-36-38-60-62(46-28-14-16-34-58(46)74-60)66(48)72(54)44-25-11-4-12-26-44/h1-40H. The van der Waals surface area contributed by atoms with Crippen LogP contribution in [0.15, 0.2) is 243 Å². The van der Waals surface area contributed by atoms with Gasteiger partial charge in [-0.3, -0.25) is 0 Å². The Morgan fingerprint density at radius 3 is 1.01 bits per heavy atom. The van der Waals surface area contributed by atoms with E-state index in [4.69, 9.17) is 0 Å². The molecular weight excluding hydrogens is 935 g/mol. The third kappa shape index (κ3) is 5.48. The molecule has 2 aromatic heterocycles. The summed E-state index contributed by atoms with van der Waals surface area (Å²) in [6.45, 7) is -0.151. The highest BCUT2D eigenvalue weighted by Crippen LogP contribution is 2.52. The summed E-state index contributed by atoms with van der Waals surface area (Å²) in [6.07, 6.45) is 0. The average Bonchev–Trinajstić information content (AvgIpc) is 4.09. The van der Waals surface area contributed by atoms with Gasteiger partial charge in [-0.1, -0.05) is 140 Å². The molecule has 4 nitrogen and oxygen atoms in total. The SMILES string of the molecule is c1ccc(N2c3cc4c(cc3B3c5ccc6sc7ccccc7c6c5N(c5ccccc5)c5cccc2c53)B2c3ccc5sc6ccccc6c5c3N(c3ccccc3)c3cccc(c32)N4c2ccccc2)cc1. The van der Waals surface area contributed by atoms with Gasteiger partial charge in [0.2, 0.25) is 0 Å². The fourth-order valence-corrected chi connectivity index (χ4v) is 15.6. The van der Waals surface area contributed by atoms with Gasteiger partial charge in [0.1, 0.15) is 0 Å². The van der Waals surface area contributed by atoms with Crippen molar-refractivity contribution in [1.29, 1.82) is 0 Å². The van der Waals surface area contributed by atoms with Crippen LogP contribution in [-0.4, -0.2) is 13.4 Å². The van der Waals surface area contributed by atoms with Crippen LogP contribution in [0.5, 0.6) is 0 Å². The highest BCUT2D eigenvalue weighted by molar-refractivity contribution is 7.26. The minimum absolute atomic E-state index is 0.0755. The second-order valence-corrected chi connectivity index (χ2v) is 22.1. The van der Waals surface area contributed by atoms with Crippen molar-refractivity contribution in [2.75, 3.05) is 19.6 Å². The number of benzene rings is 11. The van der Waals surface area contributed by atoms with Crippen molar-refractivity contribution in [1.82, 2.24) is 0 Å². The normalized spacial score (nSPS) is 13.8. The van der Waals surface area contributed by atoms with E-state index >= 15 is 0 Å².